The number of hydrogen-bond acceptors (Lipinski definition) is 3. The van der Waals surface area contributed by atoms with E-state index in [0.717, 1.165) is 19.6 Å². The molecule has 5 heteroatoms. The summed E-state index contributed by atoms with van der Waals surface area (Å²) in [7, 11) is 0. The zero-order chi connectivity index (χ0) is 11.0. The van der Waals surface area contributed by atoms with E-state index >= 15 is 0 Å². The predicted molar refractivity (Wildman–Crippen MR) is 58.7 cm³/mol. The Balaban J connectivity index is 1.60. The zero-order valence-electron chi connectivity index (χ0n) is 9.17. The van der Waals surface area contributed by atoms with Crippen LogP contribution in [0.2, 0.25) is 0 Å². The van der Waals surface area contributed by atoms with Crippen molar-refractivity contribution in [2.45, 2.75) is 19.0 Å². The fraction of sp³-hybridized carbons (Fsp3) is 0.636. The SMILES string of the molecule is O=C(Cn1cccn1)N1C[C@@H]2CCN[C@@H]2C1. The van der Waals surface area contributed by atoms with Crippen molar-refractivity contribution in [3.05, 3.63) is 18.5 Å². The minimum absolute atomic E-state index is 0.180. The molecule has 5 nitrogen and oxygen atoms in total. The van der Waals surface area contributed by atoms with Gasteiger partial charge in [0.2, 0.25) is 5.91 Å². The molecule has 3 rings (SSSR count). The molecule has 2 atom stereocenters. The summed E-state index contributed by atoms with van der Waals surface area (Å²) in [5, 5.41) is 7.50. The normalized spacial score (nSPS) is 28.4. The lowest BCUT2D eigenvalue weighted by Gasteiger charge is -2.17. The number of fused-ring (bicyclic) bond motifs is 1. The van der Waals surface area contributed by atoms with E-state index in [2.05, 4.69) is 10.4 Å². The van der Waals surface area contributed by atoms with Crippen LogP contribution in [0.5, 0.6) is 0 Å². The van der Waals surface area contributed by atoms with Gasteiger partial charge in [-0.3, -0.25) is 9.48 Å². The van der Waals surface area contributed by atoms with Gasteiger partial charge >= 0.3 is 0 Å². The van der Waals surface area contributed by atoms with Crippen molar-refractivity contribution in [2.75, 3.05) is 19.6 Å². The number of aromatic nitrogens is 2. The first-order valence-corrected chi connectivity index (χ1v) is 5.81. The molecule has 1 aromatic heterocycles. The Morgan fingerprint density at radius 3 is 3.19 bits per heavy atom. The molecular formula is C11H16N4O. The second-order valence-electron chi connectivity index (χ2n) is 4.61. The van der Waals surface area contributed by atoms with Crippen LogP contribution in [0.15, 0.2) is 18.5 Å². The Hall–Kier alpha value is -1.36. The van der Waals surface area contributed by atoms with Crippen LogP contribution in [-0.4, -0.2) is 46.3 Å². The monoisotopic (exact) mass is 220 g/mol. The van der Waals surface area contributed by atoms with Gasteiger partial charge in [0.05, 0.1) is 0 Å². The van der Waals surface area contributed by atoms with Crippen molar-refractivity contribution < 1.29 is 4.79 Å². The van der Waals surface area contributed by atoms with Gasteiger partial charge in [0.1, 0.15) is 6.54 Å². The molecule has 0 aromatic carbocycles. The number of nitrogens with zero attached hydrogens (tertiary/aromatic N) is 3. The molecule has 2 aliphatic rings. The van der Waals surface area contributed by atoms with Crippen molar-refractivity contribution in [1.82, 2.24) is 20.0 Å². The van der Waals surface area contributed by atoms with E-state index in [1.807, 2.05) is 17.2 Å². The van der Waals surface area contributed by atoms with E-state index in [1.165, 1.54) is 6.42 Å². The number of carbonyl (C=O) groups excluding carboxylic acids is 1. The van der Waals surface area contributed by atoms with Crippen LogP contribution in [0.1, 0.15) is 6.42 Å². The van der Waals surface area contributed by atoms with Gasteiger partial charge in [-0.25, -0.2) is 0 Å². The summed E-state index contributed by atoms with van der Waals surface area (Å²) in [4.78, 5) is 13.9. The number of nitrogens with one attached hydrogen (secondary N) is 1. The summed E-state index contributed by atoms with van der Waals surface area (Å²) in [5.74, 6) is 0.849. The Morgan fingerprint density at radius 1 is 1.50 bits per heavy atom. The third-order valence-electron chi connectivity index (χ3n) is 3.57. The van der Waals surface area contributed by atoms with Gasteiger partial charge in [0.15, 0.2) is 0 Å². The lowest BCUT2D eigenvalue weighted by Crippen LogP contribution is -2.35. The molecule has 1 N–H and O–H groups in total. The molecule has 0 aliphatic carbocycles. The van der Waals surface area contributed by atoms with Gasteiger partial charge in [-0.1, -0.05) is 0 Å². The molecule has 16 heavy (non-hydrogen) atoms. The van der Waals surface area contributed by atoms with Gasteiger partial charge in [-0.15, -0.1) is 0 Å². The van der Waals surface area contributed by atoms with Crippen LogP contribution in [0.3, 0.4) is 0 Å². The maximum Gasteiger partial charge on any atom is 0.244 e. The summed E-state index contributed by atoms with van der Waals surface area (Å²) in [6.07, 6.45) is 4.73. The smallest absolute Gasteiger partial charge is 0.244 e. The first-order chi connectivity index (χ1) is 7.83. The molecule has 2 aliphatic heterocycles. The molecule has 1 aromatic rings. The highest BCUT2D eigenvalue weighted by Gasteiger charge is 2.37. The fourth-order valence-electron chi connectivity index (χ4n) is 2.69. The number of rotatable bonds is 2. The third kappa shape index (κ3) is 1.71. The summed E-state index contributed by atoms with van der Waals surface area (Å²) < 4.78 is 1.68. The van der Waals surface area contributed by atoms with Crippen molar-refractivity contribution in [3.63, 3.8) is 0 Å². The van der Waals surface area contributed by atoms with E-state index in [1.54, 1.807) is 10.9 Å². The zero-order valence-corrected chi connectivity index (χ0v) is 9.17. The van der Waals surface area contributed by atoms with Crippen molar-refractivity contribution in [2.24, 2.45) is 5.92 Å². The van der Waals surface area contributed by atoms with E-state index in [0.29, 0.717) is 18.5 Å². The van der Waals surface area contributed by atoms with Gasteiger partial charge < -0.3 is 10.2 Å². The van der Waals surface area contributed by atoms with Gasteiger partial charge in [0, 0.05) is 31.5 Å². The molecule has 0 saturated carbocycles. The molecule has 3 heterocycles. The highest BCUT2D eigenvalue weighted by molar-refractivity contribution is 5.76. The van der Waals surface area contributed by atoms with E-state index in [-0.39, 0.29) is 5.91 Å². The first-order valence-electron chi connectivity index (χ1n) is 5.81. The van der Waals surface area contributed by atoms with Crippen LogP contribution < -0.4 is 5.32 Å². The van der Waals surface area contributed by atoms with E-state index in [9.17, 15) is 4.79 Å². The number of likely N-dealkylation sites (tertiary alicyclic amines) is 1. The van der Waals surface area contributed by atoms with Crippen LogP contribution in [0.25, 0.3) is 0 Å². The second-order valence-corrected chi connectivity index (χ2v) is 4.61. The standard InChI is InChI=1S/C11H16N4O/c16-11(8-15-5-1-3-13-15)14-6-9-2-4-12-10(9)7-14/h1,3,5,9-10,12H,2,4,6-8H2/t9-,10+/m0/s1. The maximum atomic E-state index is 12.0. The Labute approximate surface area is 94.4 Å². The average Bonchev–Trinajstić information content (AvgIpc) is 2.91. The highest BCUT2D eigenvalue weighted by Crippen LogP contribution is 2.24. The number of amides is 1. The number of hydrogen-bond donors (Lipinski definition) is 1. The second kappa shape index (κ2) is 3.90. The van der Waals surface area contributed by atoms with Crippen molar-refractivity contribution in [3.8, 4) is 0 Å². The minimum Gasteiger partial charge on any atom is -0.339 e. The predicted octanol–water partition coefficient (Wildman–Crippen LogP) is -0.297. The maximum absolute atomic E-state index is 12.0. The summed E-state index contributed by atoms with van der Waals surface area (Å²) in [6, 6.07) is 2.37. The number of carbonyl (C=O) groups is 1. The minimum atomic E-state index is 0.180. The molecule has 0 radical (unpaired) electrons. The van der Waals surface area contributed by atoms with Crippen LogP contribution >= 0.6 is 0 Å². The topological polar surface area (TPSA) is 50.2 Å². The molecule has 1 amide bonds. The van der Waals surface area contributed by atoms with Crippen LogP contribution in [0, 0.1) is 5.92 Å². The van der Waals surface area contributed by atoms with Gasteiger partial charge in [-0.2, -0.15) is 5.10 Å². The summed E-state index contributed by atoms with van der Waals surface area (Å²) in [6.45, 7) is 3.26. The van der Waals surface area contributed by atoms with Gasteiger partial charge in [0.25, 0.3) is 0 Å². The van der Waals surface area contributed by atoms with Crippen LogP contribution in [0.4, 0.5) is 0 Å². The molecule has 0 spiro atoms. The lowest BCUT2D eigenvalue weighted by atomic mass is 10.1. The largest absolute Gasteiger partial charge is 0.339 e. The molecule has 0 bridgehead atoms. The average molecular weight is 220 g/mol. The summed E-state index contributed by atoms with van der Waals surface area (Å²) in [5.41, 5.74) is 0. The Morgan fingerprint density at radius 2 is 2.44 bits per heavy atom. The van der Waals surface area contributed by atoms with Crippen molar-refractivity contribution >= 4 is 5.91 Å². The molecular weight excluding hydrogens is 204 g/mol. The molecule has 86 valence electrons. The highest BCUT2D eigenvalue weighted by atomic mass is 16.2. The first kappa shape index (κ1) is 9.84. The quantitative estimate of drug-likeness (QED) is 0.744. The van der Waals surface area contributed by atoms with E-state index < -0.39 is 0 Å². The van der Waals surface area contributed by atoms with Crippen molar-refractivity contribution in [1.29, 1.82) is 0 Å². The molecule has 0 unspecified atom stereocenters. The molecule has 2 fully saturated rings. The Kier molecular flexibility index (Phi) is 2.40. The fourth-order valence-corrected chi connectivity index (χ4v) is 2.69. The van der Waals surface area contributed by atoms with E-state index in [4.69, 9.17) is 0 Å². The van der Waals surface area contributed by atoms with Gasteiger partial charge in [-0.05, 0) is 24.9 Å². The third-order valence-corrected chi connectivity index (χ3v) is 3.57. The van der Waals surface area contributed by atoms with Crippen LogP contribution in [-0.2, 0) is 11.3 Å². The molecule has 2 saturated heterocycles. The summed E-state index contributed by atoms with van der Waals surface area (Å²) >= 11 is 0. The lowest BCUT2D eigenvalue weighted by molar-refractivity contribution is -0.131. The Bertz CT molecular complexity index is 363.